The number of unbranched alkanes of at least 4 members (excludes halogenated alkanes) is 2. The Kier molecular flexibility index (Phi) is 8.05. The molecule has 0 amide bonds. The third-order valence-corrected chi connectivity index (χ3v) is 3.79. The van der Waals surface area contributed by atoms with Crippen molar-refractivity contribution in [2.45, 2.75) is 78.7 Å². The highest BCUT2D eigenvalue weighted by atomic mass is 16.7. The number of ether oxygens (including phenoxy) is 1. The van der Waals surface area contributed by atoms with Gasteiger partial charge in [0.15, 0.2) is 0 Å². The molecule has 0 radical (unpaired) electrons. The Balaban J connectivity index is 4.65. The van der Waals surface area contributed by atoms with E-state index in [1.54, 1.807) is 0 Å². The molecule has 0 spiro atoms. The van der Waals surface area contributed by atoms with Crippen molar-refractivity contribution in [3.8, 4) is 0 Å². The number of carboxylic acid groups (broad SMARTS) is 1. The molecule has 2 atom stereocenters. The van der Waals surface area contributed by atoms with Gasteiger partial charge in [0.2, 0.25) is 0 Å². The van der Waals surface area contributed by atoms with Crippen molar-refractivity contribution in [1.82, 2.24) is 0 Å². The van der Waals surface area contributed by atoms with Crippen LogP contribution in [0.2, 0.25) is 0 Å². The summed E-state index contributed by atoms with van der Waals surface area (Å²) in [7, 11) is 0. The van der Waals surface area contributed by atoms with Gasteiger partial charge in [0.1, 0.15) is 5.60 Å². The lowest BCUT2D eigenvalue weighted by atomic mass is 9.76. The quantitative estimate of drug-likeness (QED) is 0.462. The molecule has 0 bridgehead atoms. The molecular weight excluding hydrogens is 228 g/mol. The van der Waals surface area contributed by atoms with Crippen LogP contribution in [0.15, 0.2) is 0 Å². The van der Waals surface area contributed by atoms with E-state index in [-0.39, 0.29) is 0 Å². The molecule has 0 aromatic carbocycles. The fraction of sp³-hybridized carbons (Fsp3) is 0.933. The van der Waals surface area contributed by atoms with E-state index in [2.05, 4.69) is 20.8 Å². The lowest BCUT2D eigenvalue weighted by Crippen LogP contribution is -2.40. The first kappa shape index (κ1) is 17.3. The van der Waals surface area contributed by atoms with Gasteiger partial charge in [-0.05, 0) is 26.2 Å². The van der Waals surface area contributed by atoms with Gasteiger partial charge in [0.05, 0.1) is 0 Å². The predicted molar refractivity (Wildman–Crippen MR) is 74.9 cm³/mol. The van der Waals surface area contributed by atoms with E-state index in [9.17, 15) is 4.79 Å². The molecule has 0 fully saturated rings. The highest BCUT2D eigenvalue weighted by Crippen LogP contribution is 2.35. The molecule has 0 aromatic heterocycles. The fourth-order valence-corrected chi connectivity index (χ4v) is 2.89. The number of rotatable bonds is 9. The summed E-state index contributed by atoms with van der Waals surface area (Å²) in [5, 5.41) is 8.86. The summed E-state index contributed by atoms with van der Waals surface area (Å²) in [5.41, 5.74) is -0.589. The van der Waals surface area contributed by atoms with E-state index >= 15 is 0 Å². The van der Waals surface area contributed by atoms with Crippen molar-refractivity contribution in [2.75, 3.05) is 0 Å². The molecule has 2 unspecified atom stereocenters. The standard InChI is InChI=1S/C15H30O3/c1-6-8-9-11-13(12(3)10-7-2)15(4,5)18-14(16)17/h12-13H,6-11H2,1-5H3,(H,16,17). The van der Waals surface area contributed by atoms with Crippen molar-refractivity contribution in [3.05, 3.63) is 0 Å². The third-order valence-electron chi connectivity index (χ3n) is 3.79. The molecular formula is C15H30O3. The maximum absolute atomic E-state index is 10.8. The van der Waals surface area contributed by atoms with Crippen LogP contribution in [0.3, 0.4) is 0 Å². The number of hydrogen-bond donors (Lipinski definition) is 1. The summed E-state index contributed by atoms with van der Waals surface area (Å²) in [6.45, 7) is 10.4. The molecule has 18 heavy (non-hydrogen) atoms. The highest BCUT2D eigenvalue weighted by molar-refractivity contribution is 5.57. The van der Waals surface area contributed by atoms with E-state index in [1.165, 1.54) is 12.8 Å². The van der Waals surface area contributed by atoms with Crippen LogP contribution < -0.4 is 0 Å². The third kappa shape index (κ3) is 6.27. The van der Waals surface area contributed by atoms with E-state index in [0.29, 0.717) is 11.8 Å². The second-order valence-electron chi connectivity index (χ2n) is 5.84. The van der Waals surface area contributed by atoms with Crippen LogP contribution in [0.25, 0.3) is 0 Å². The van der Waals surface area contributed by atoms with Gasteiger partial charge in [-0.3, -0.25) is 0 Å². The first-order valence-corrected chi connectivity index (χ1v) is 7.27. The predicted octanol–water partition coefficient (Wildman–Crippen LogP) is 5.09. The normalized spacial score (nSPS) is 15.2. The smallest absolute Gasteiger partial charge is 0.450 e. The first-order chi connectivity index (χ1) is 8.35. The summed E-state index contributed by atoms with van der Waals surface area (Å²) >= 11 is 0. The Morgan fingerprint density at radius 3 is 2.22 bits per heavy atom. The summed E-state index contributed by atoms with van der Waals surface area (Å²) in [5.74, 6) is 0.807. The van der Waals surface area contributed by atoms with Crippen LogP contribution in [0.5, 0.6) is 0 Å². The molecule has 0 aromatic rings. The van der Waals surface area contributed by atoms with Crippen molar-refractivity contribution in [3.63, 3.8) is 0 Å². The number of hydrogen-bond acceptors (Lipinski definition) is 2. The zero-order valence-corrected chi connectivity index (χ0v) is 12.7. The molecule has 0 aliphatic carbocycles. The Morgan fingerprint density at radius 2 is 1.78 bits per heavy atom. The van der Waals surface area contributed by atoms with Crippen LogP contribution in [0.1, 0.15) is 73.1 Å². The van der Waals surface area contributed by atoms with Gasteiger partial charge in [0.25, 0.3) is 0 Å². The van der Waals surface area contributed by atoms with Gasteiger partial charge in [0, 0.05) is 5.92 Å². The topological polar surface area (TPSA) is 46.5 Å². The molecule has 3 heteroatoms. The Labute approximate surface area is 112 Å². The van der Waals surface area contributed by atoms with Crippen molar-refractivity contribution in [2.24, 2.45) is 11.8 Å². The molecule has 0 saturated carbocycles. The van der Waals surface area contributed by atoms with E-state index in [0.717, 1.165) is 25.7 Å². The minimum absolute atomic E-state index is 0.306. The van der Waals surface area contributed by atoms with Gasteiger partial charge >= 0.3 is 6.16 Å². The Bertz CT molecular complexity index is 236. The molecule has 1 N–H and O–H groups in total. The summed E-state index contributed by atoms with van der Waals surface area (Å²) in [6, 6.07) is 0. The Morgan fingerprint density at radius 1 is 1.17 bits per heavy atom. The van der Waals surface area contributed by atoms with E-state index in [4.69, 9.17) is 9.84 Å². The minimum atomic E-state index is -1.16. The highest BCUT2D eigenvalue weighted by Gasteiger charge is 2.36. The average Bonchev–Trinajstić information content (AvgIpc) is 2.22. The van der Waals surface area contributed by atoms with Gasteiger partial charge in [-0.2, -0.15) is 0 Å². The van der Waals surface area contributed by atoms with Crippen LogP contribution in [-0.4, -0.2) is 16.9 Å². The SMILES string of the molecule is CCCCCC(C(C)CCC)C(C)(C)OC(=O)O. The lowest BCUT2D eigenvalue weighted by Gasteiger charge is -2.37. The molecule has 0 saturated heterocycles. The minimum Gasteiger partial charge on any atom is -0.450 e. The molecule has 0 heterocycles. The van der Waals surface area contributed by atoms with Crippen molar-refractivity contribution >= 4 is 6.16 Å². The second kappa shape index (κ2) is 8.39. The van der Waals surface area contributed by atoms with Gasteiger partial charge < -0.3 is 9.84 Å². The monoisotopic (exact) mass is 258 g/mol. The van der Waals surface area contributed by atoms with Crippen LogP contribution in [0.4, 0.5) is 4.79 Å². The van der Waals surface area contributed by atoms with E-state index in [1.807, 2.05) is 13.8 Å². The zero-order chi connectivity index (χ0) is 14.2. The summed E-state index contributed by atoms with van der Waals surface area (Å²) < 4.78 is 5.11. The lowest BCUT2D eigenvalue weighted by molar-refractivity contribution is -0.0517. The van der Waals surface area contributed by atoms with Crippen molar-refractivity contribution < 1.29 is 14.6 Å². The number of carbonyl (C=O) groups is 1. The van der Waals surface area contributed by atoms with Crippen LogP contribution in [0, 0.1) is 11.8 Å². The van der Waals surface area contributed by atoms with Crippen LogP contribution >= 0.6 is 0 Å². The van der Waals surface area contributed by atoms with Gasteiger partial charge in [-0.1, -0.05) is 52.9 Å². The molecule has 0 rings (SSSR count). The zero-order valence-electron chi connectivity index (χ0n) is 12.7. The summed E-state index contributed by atoms with van der Waals surface area (Å²) in [4.78, 5) is 10.8. The largest absolute Gasteiger partial charge is 0.506 e. The van der Waals surface area contributed by atoms with E-state index < -0.39 is 11.8 Å². The van der Waals surface area contributed by atoms with Gasteiger partial charge in [-0.15, -0.1) is 0 Å². The summed E-state index contributed by atoms with van der Waals surface area (Å²) in [6.07, 6.45) is 5.70. The second-order valence-corrected chi connectivity index (χ2v) is 5.84. The fourth-order valence-electron chi connectivity index (χ4n) is 2.89. The Hall–Kier alpha value is -0.730. The molecule has 108 valence electrons. The molecule has 0 aliphatic rings. The van der Waals surface area contributed by atoms with Crippen molar-refractivity contribution in [1.29, 1.82) is 0 Å². The molecule has 0 aliphatic heterocycles. The maximum Gasteiger partial charge on any atom is 0.506 e. The molecule has 3 nitrogen and oxygen atoms in total. The van der Waals surface area contributed by atoms with Crippen LogP contribution in [-0.2, 0) is 4.74 Å². The maximum atomic E-state index is 10.8. The average molecular weight is 258 g/mol. The first-order valence-electron chi connectivity index (χ1n) is 7.27. The van der Waals surface area contributed by atoms with Gasteiger partial charge in [-0.25, -0.2) is 4.79 Å².